The largest absolute Gasteiger partial charge is 0.383 e. The number of nitrogens with one attached hydrogen (secondary N) is 2. The maximum atomic E-state index is 13.2. The van der Waals surface area contributed by atoms with E-state index in [4.69, 9.17) is 9.72 Å². The Kier molecular flexibility index (Phi) is 9.25. The van der Waals surface area contributed by atoms with Gasteiger partial charge in [-0.1, -0.05) is 42.5 Å². The molecule has 0 saturated heterocycles. The van der Waals surface area contributed by atoms with Crippen LogP contribution in [0.15, 0.2) is 60.7 Å². The molecule has 2 amide bonds. The summed E-state index contributed by atoms with van der Waals surface area (Å²) >= 11 is 0. The quantitative estimate of drug-likeness (QED) is 0.426. The van der Waals surface area contributed by atoms with E-state index < -0.39 is 5.91 Å². The Bertz CT molecular complexity index is 1100. The van der Waals surface area contributed by atoms with Gasteiger partial charge in [0.2, 0.25) is 0 Å². The summed E-state index contributed by atoms with van der Waals surface area (Å²) in [6.45, 7) is 1.69. The second-order valence-corrected chi connectivity index (χ2v) is 8.09. The van der Waals surface area contributed by atoms with Crippen LogP contribution in [0.2, 0.25) is 0 Å². The van der Waals surface area contributed by atoms with Gasteiger partial charge in [0.05, 0.1) is 17.9 Å². The number of benzene rings is 2. The number of amides is 2. The molecule has 0 aliphatic carbocycles. The number of aromatic nitrogens is 2. The lowest BCUT2D eigenvalue weighted by Gasteiger charge is -2.13. The van der Waals surface area contributed by atoms with E-state index in [1.54, 1.807) is 37.4 Å². The zero-order chi connectivity index (χ0) is 24.3. The van der Waals surface area contributed by atoms with Crippen LogP contribution in [0, 0.1) is 0 Å². The Morgan fingerprint density at radius 1 is 0.971 bits per heavy atom. The molecule has 1 aromatic heterocycles. The van der Waals surface area contributed by atoms with Crippen LogP contribution >= 0.6 is 0 Å². The lowest BCUT2D eigenvalue weighted by Crippen LogP contribution is -2.28. The molecular weight excluding hydrogens is 430 g/mol. The van der Waals surface area contributed by atoms with Crippen molar-refractivity contribution in [3.8, 4) is 11.4 Å². The molecule has 3 aromatic rings. The van der Waals surface area contributed by atoms with Crippen molar-refractivity contribution < 1.29 is 14.3 Å². The van der Waals surface area contributed by atoms with Gasteiger partial charge in [-0.3, -0.25) is 9.59 Å². The monoisotopic (exact) mass is 461 g/mol. The molecule has 0 aliphatic heterocycles. The number of anilines is 1. The Morgan fingerprint density at radius 3 is 2.44 bits per heavy atom. The maximum Gasteiger partial charge on any atom is 0.274 e. The van der Waals surface area contributed by atoms with Crippen molar-refractivity contribution in [2.24, 2.45) is 0 Å². The molecule has 0 spiro atoms. The standard InChI is InChI=1S/C26H31N5O3/c1-31(2)16-9-12-20-18-23(29-24(28-20)19-10-5-4-6-11-19)26(33)30-22-14-8-7-13-21(22)25(32)27-15-17-34-3/h4-8,10-11,13-14,18H,9,12,15-17H2,1-3H3,(H,27,32)(H,30,33). The molecule has 178 valence electrons. The zero-order valence-corrected chi connectivity index (χ0v) is 19.9. The van der Waals surface area contributed by atoms with Crippen molar-refractivity contribution in [2.45, 2.75) is 12.8 Å². The Hall–Kier alpha value is -3.62. The van der Waals surface area contributed by atoms with Gasteiger partial charge in [-0.05, 0) is 51.7 Å². The van der Waals surface area contributed by atoms with Crippen molar-refractivity contribution in [3.63, 3.8) is 0 Å². The van der Waals surface area contributed by atoms with Gasteiger partial charge >= 0.3 is 0 Å². The van der Waals surface area contributed by atoms with E-state index in [9.17, 15) is 9.59 Å². The van der Waals surface area contributed by atoms with E-state index >= 15 is 0 Å². The summed E-state index contributed by atoms with van der Waals surface area (Å²) in [6, 6.07) is 18.2. The zero-order valence-electron chi connectivity index (χ0n) is 19.9. The molecule has 8 nitrogen and oxygen atoms in total. The first-order chi connectivity index (χ1) is 16.5. The minimum atomic E-state index is -0.398. The molecule has 0 aliphatic rings. The van der Waals surface area contributed by atoms with E-state index in [2.05, 4.69) is 20.5 Å². The number of carbonyl (C=O) groups excluding carboxylic acids is 2. The summed E-state index contributed by atoms with van der Waals surface area (Å²) in [5, 5.41) is 5.63. The number of carbonyl (C=O) groups is 2. The predicted molar refractivity (Wildman–Crippen MR) is 133 cm³/mol. The number of hydrogen-bond donors (Lipinski definition) is 2. The molecule has 0 unspecified atom stereocenters. The highest BCUT2D eigenvalue weighted by Crippen LogP contribution is 2.19. The van der Waals surface area contributed by atoms with Crippen LogP contribution in [-0.2, 0) is 11.2 Å². The van der Waals surface area contributed by atoms with Gasteiger partial charge < -0.3 is 20.3 Å². The van der Waals surface area contributed by atoms with Crippen molar-refractivity contribution in [3.05, 3.63) is 77.6 Å². The van der Waals surface area contributed by atoms with Gasteiger partial charge in [-0.15, -0.1) is 0 Å². The molecule has 0 fully saturated rings. The molecular formula is C26H31N5O3. The number of ether oxygens (including phenoxy) is 1. The topological polar surface area (TPSA) is 96.5 Å². The molecule has 0 radical (unpaired) electrons. The third-order valence-electron chi connectivity index (χ3n) is 5.09. The average Bonchev–Trinajstić information content (AvgIpc) is 2.84. The lowest BCUT2D eigenvalue weighted by atomic mass is 10.1. The van der Waals surface area contributed by atoms with E-state index in [0.29, 0.717) is 30.2 Å². The smallest absolute Gasteiger partial charge is 0.274 e. The Balaban J connectivity index is 1.86. The fourth-order valence-electron chi connectivity index (χ4n) is 3.37. The number of methoxy groups -OCH3 is 1. The Morgan fingerprint density at radius 2 is 1.71 bits per heavy atom. The number of rotatable bonds is 11. The highest BCUT2D eigenvalue weighted by atomic mass is 16.5. The third-order valence-corrected chi connectivity index (χ3v) is 5.09. The normalized spacial score (nSPS) is 10.8. The summed E-state index contributed by atoms with van der Waals surface area (Å²) in [7, 11) is 5.62. The van der Waals surface area contributed by atoms with E-state index in [0.717, 1.165) is 30.6 Å². The summed E-state index contributed by atoms with van der Waals surface area (Å²) in [4.78, 5) is 37.1. The van der Waals surface area contributed by atoms with Crippen molar-refractivity contribution >= 4 is 17.5 Å². The number of aryl methyl sites for hydroxylation is 1. The fraction of sp³-hybridized carbons (Fsp3) is 0.308. The summed E-state index contributed by atoms with van der Waals surface area (Å²) in [6.07, 6.45) is 1.63. The molecule has 2 aromatic carbocycles. The summed E-state index contributed by atoms with van der Waals surface area (Å²) in [5.74, 6) is -0.186. The summed E-state index contributed by atoms with van der Waals surface area (Å²) in [5.41, 5.74) is 2.67. The van der Waals surface area contributed by atoms with E-state index in [1.165, 1.54) is 0 Å². The number of para-hydroxylation sites is 1. The highest BCUT2D eigenvalue weighted by Gasteiger charge is 2.17. The molecule has 34 heavy (non-hydrogen) atoms. The number of nitrogens with zero attached hydrogens (tertiary/aromatic N) is 3. The molecule has 2 N–H and O–H groups in total. The van der Waals surface area contributed by atoms with Crippen LogP contribution < -0.4 is 10.6 Å². The van der Waals surface area contributed by atoms with Crippen molar-refractivity contribution in [2.75, 3.05) is 46.2 Å². The van der Waals surface area contributed by atoms with Gasteiger partial charge in [0.15, 0.2) is 5.82 Å². The van der Waals surface area contributed by atoms with Gasteiger partial charge in [0.25, 0.3) is 11.8 Å². The predicted octanol–water partition coefficient (Wildman–Crippen LogP) is 3.27. The first-order valence-electron chi connectivity index (χ1n) is 11.2. The highest BCUT2D eigenvalue weighted by molar-refractivity contribution is 6.08. The van der Waals surface area contributed by atoms with E-state index in [-0.39, 0.29) is 11.6 Å². The second-order valence-electron chi connectivity index (χ2n) is 8.09. The molecule has 0 saturated carbocycles. The van der Waals surface area contributed by atoms with Crippen LogP contribution in [0.4, 0.5) is 5.69 Å². The summed E-state index contributed by atoms with van der Waals surface area (Å²) < 4.78 is 4.98. The minimum absolute atomic E-state index is 0.253. The van der Waals surface area contributed by atoms with Crippen LogP contribution in [0.5, 0.6) is 0 Å². The minimum Gasteiger partial charge on any atom is -0.383 e. The lowest BCUT2D eigenvalue weighted by molar-refractivity contribution is 0.0938. The van der Waals surface area contributed by atoms with Crippen molar-refractivity contribution in [1.82, 2.24) is 20.2 Å². The van der Waals surface area contributed by atoms with Gasteiger partial charge in [0, 0.05) is 24.9 Å². The van der Waals surface area contributed by atoms with E-state index in [1.807, 2.05) is 44.4 Å². The molecule has 0 atom stereocenters. The third kappa shape index (κ3) is 7.19. The molecule has 1 heterocycles. The maximum absolute atomic E-state index is 13.2. The molecule has 8 heteroatoms. The van der Waals surface area contributed by atoms with Gasteiger partial charge in [-0.2, -0.15) is 0 Å². The Labute approximate surface area is 200 Å². The SMILES string of the molecule is COCCNC(=O)c1ccccc1NC(=O)c1cc(CCCN(C)C)nc(-c2ccccc2)n1. The van der Waals surface area contributed by atoms with Gasteiger partial charge in [0.1, 0.15) is 5.69 Å². The molecule has 3 rings (SSSR count). The van der Waals surface area contributed by atoms with Crippen LogP contribution in [0.1, 0.15) is 33.0 Å². The van der Waals surface area contributed by atoms with Gasteiger partial charge in [-0.25, -0.2) is 9.97 Å². The van der Waals surface area contributed by atoms with Crippen LogP contribution in [-0.4, -0.2) is 67.6 Å². The van der Waals surface area contributed by atoms with Crippen LogP contribution in [0.3, 0.4) is 0 Å². The first-order valence-corrected chi connectivity index (χ1v) is 11.2. The molecule has 0 bridgehead atoms. The van der Waals surface area contributed by atoms with Crippen LogP contribution in [0.25, 0.3) is 11.4 Å². The first kappa shape index (κ1) is 25.0. The number of hydrogen-bond acceptors (Lipinski definition) is 6. The second kappa shape index (κ2) is 12.6. The fourth-order valence-corrected chi connectivity index (χ4v) is 3.37. The average molecular weight is 462 g/mol. The van der Waals surface area contributed by atoms with Crippen molar-refractivity contribution in [1.29, 1.82) is 0 Å².